The van der Waals surface area contributed by atoms with E-state index in [1.165, 1.54) is 0 Å². The lowest BCUT2D eigenvalue weighted by Gasteiger charge is -2.20. The number of aromatic amines is 1. The molecule has 170 valence electrons. The molecular weight excluding hydrogens is 438 g/mol. The second-order valence-electron chi connectivity index (χ2n) is 8.93. The third-order valence-electron chi connectivity index (χ3n) is 7.01. The predicted octanol–water partition coefficient (Wildman–Crippen LogP) is 4.24. The van der Waals surface area contributed by atoms with Gasteiger partial charge in [-0.1, -0.05) is 60.8 Å². The zero-order valence-electron chi connectivity index (χ0n) is 18.2. The highest BCUT2D eigenvalue weighted by molar-refractivity contribution is 6.31. The van der Waals surface area contributed by atoms with Crippen LogP contribution in [-0.4, -0.2) is 40.7 Å². The molecule has 2 heterocycles. The van der Waals surface area contributed by atoms with E-state index in [2.05, 4.69) is 10.3 Å². The molecule has 0 unspecified atom stereocenters. The van der Waals surface area contributed by atoms with Crippen molar-refractivity contribution >= 4 is 40.2 Å². The fraction of sp³-hybridized carbons (Fsp3) is 0.346. The first-order chi connectivity index (χ1) is 16.0. The van der Waals surface area contributed by atoms with E-state index in [4.69, 9.17) is 11.6 Å². The lowest BCUT2D eigenvalue weighted by atomic mass is 9.81. The lowest BCUT2D eigenvalue weighted by molar-refractivity contribution is -0.143. The number of amides is 3. The maximum atomic E-state index is 12.9. The largest absolute Gasteiger partial charge is 0.361 e. The number of nitrogens with zero attached hydrogens (tertiary/aromatic N) is 1. The van der Waals surface area contributed by atoms with Gasteiger partial charge in [-0.3, -0.25) is 19.3 Å². The van der Waals surface area contributed by atoms with Crippen molar-refractivity contribution in [1.29, 1.82) is 0 Å². The van der Waals surface area contributed by atoms with E-state index in [0.29, 0.717) is 11.6 Å². The van der Waals surface area contributed by atoms with Crippen molar-refractivity contribution in [3.63, 3.8) is 0 Å². The average molecular weight is 464 g/mol. The Morgan fingerprint density at radius 1 is 1.00 bits per heavy atom. The first-order valence-corrected chi connectivity index (χ1v) is 11.8. The number of fused-ring (bicyclic) bond motifs is 2. The summed E-state index contributed by atoms with van der Waals surface area (Å²) in [7, 11) is 0. The number of likely N-dealkylation sites (tertiary alicyclic amines) is 1. The Morgan fingerprint density at radius 3 is 2.39 bits per heavy atom. The Hall–Kier alpha value is -3.12. The maximum Gasteiger partial charge on any atom is 0.240 e. The van der Waals surface area contributed by atoms with Crippen molar-refractivity contribution in [3.05, 3.63) is 70.9 Å². The minimum absolute atomic E-state index is 0.189. The molecule has 0 radical (unpaired) electrons. The van der Waals surface area contributed by atoms with Crippen LogP contribution in [0.25, 0.3) is 10.9 Å². The van der Waals surface area contributed by atoms with Gasteiger partial charge in [0.05, 0.1) is 11.8 Å². The number of hydrogen-bond acceptors (Lipinski definition) is 3. The number of aromatic nitrogens is 1. The zero-order chi connectivity index (χ0) is 22.9. The van der Waals surface area contributed by atoms with Gasteiger partial charge in [0.15, 0.2) is 0 Å². The van der Waals surface area contributed by atoms with Crippen LogP contribution in [0, 0.1) is 11.8 Å². The molecule has 2 aromatic carbocycles. The van der Waals surface area contributed by atoms with Crippen molar-refractivity contribution in [1.82, 2.24) is 15.2 Å². The van der Waals surface area contributed by atoms with Crippen molar-refractivity contribution in [2.45, 2.75) is 31.6 Å². The summed E-state index contributed by atoms with van der Waals surface area (Å²) in [4.78, 5) is 42.8. The van der Waals surface area contributed by atoms with Crippen LogP contribution >= 0.6 is 11.6 Å². The Labute approximate surface area is 197 Å². The number of benzene rings is 2. The number of imide groups is 1. The highest BCUT2D eigenvalue weighted by atomic mass is 35.5. The van der Waals surface area contributed by atoms with Crippen LogP contribution in [0.4, 0.5) is 0 Å². The number of halogens is 1. The number of nitrogens with one attached hydrogen (secondary N) is 2. The van der Waals surface area contributed by atoms with Crippen LogP contribution in [0.1, 0.15) is 42.7 Å². The molecule has 5 rings (SSSR count). The molecule has 2 aliphatic rings. The second kappa shape index (κ2) is 9.02. The van der Waals surface area contributed by atoms with Crippen LogP contribution in [0.2, 0.25) is 5.02 Å². The Kier molecular flexibility index (Phi) is 5.94. The number of carbonyl (C=O) groups is 3. The maximum absolute atomic E-state index is 12.9. The molecule has 7 heteroatoms. The lowest BCUT2D eigenvalue weighted by Crippen LogP contribution is -2.42. The molecule has 3 atom stereocenters. The summed E-state index contributed by atoms with van der Waals surface area (Å²) >= 11 is 6.53. The van der Waals surface area contributed by atoms with E-state index in [9.17, 15) is 14.4 Å². The van der Waals surface area contributed by atoms with Crippen molar-refractivity contribution < 1.29 is 14.4 Å². The monoisotopic (exact) mass is 463 g/mol. The van der Waals surface area contributed by atoms with Gasteiger partial charge in [-0.05, 0) is 36.1 Å². The molecule has 0 spiro atoms. The van der Waals surface area contributed by atoms with Gasteiger partial charge in [0.1, 0.15) is 6.54 Å². The number of carbonyl (C=O) groups excluding carboxylic acids is 3. The smallest absolute Gasteiger partial charge is 0.240 e. The molecule has 2 N–H and O–H groups in total. The fourth-order valence-electron chi connectivity index (χ4n) is 5.33. The van der Waals surface area contributed by atoms with E-state index in [0.717, 1.165) is 52.6 Å². The standard InChI is InChI=1S/C26H26ClN3O3/c27-22-11-5-3-7-16(22)20(21-13-28-23-12-6-4-8-17(21)23)14-29-24(31)15-30-25(32)18-9-1-2-10-19(18)26(30)33/h3-8,11-13,18-20,28H,1-2,9-10,14-15H2,(H,29,31)/t18-,19+,20-/m1/s1. The summed E-state index contributed by atoms with van der Waals surface area (Å²) in [6.45, 7) is 0.0707. The highest BCUT2D eigenvalue weighted by Crippen LogP contribution is 2.38. The second-order valence-corrected chi connectivity index (χ2v) is 9.34. The topological polar surface area (TPSA) is 82.3 Å². The number of rotatable bonds is 6. The van der Waals surface area contributed by atoms with Crippen molar-refractivity contribution in [2.75, 3.05) is 13.1 Å². The first-order valence-electron chi connectivity index (χ1n) is 11.5. The zero-order valence-corrected chi connectivity index (χ0v) is 19.0. The van der Waals surface area contributed by atoms with E-state index < -0.39 is 0 Å². The van der Waals surface area contributed by atoms with Gasteiger partial charge < -0.3 is 10.3 Å². The summed E-state index contributed by atoms with van der Waals surface area (Å²) in [6, 6.07) is 15.6. The molecule has 1 aliphatic carbocycles. The van der Waals surface area contributed by atoms with Gasteiger partial charge in [0, 0.05) is 34.6 Å². The molecule has 3 amide bonds. The van der Waals surface area contributed by atoms with E-state index in [-0.39, 0.29) is 42.0 Å². The number of H-pyrrole nitrogens is 1. The highest BCUT2D eigenvalue weighted by Gasteiger charge is 2.48. The van der Waals surface area contributed by atoms with Crippen LogP contribution in [-0.2, 0) is 14.4 Å². The third-order valence-corrected chi connectivity index (χ3v) is 7.36. The molecule has 1 aliphatic heterocycles. The molecule has 6 nitrogen and oxygen atoms in total. The van der Waals surface area contributed by atoms with Crippen molar-refractivity contribution in [2.24, 2.45) is 11.8 Å². The van der Waals surface area contributed by atoms with Crippen LogP contribution < -0.4 is 5.32 Å². The summed E-state index contributed by atoms with van der Waals surface area (Å²) in [6.07, 6.45) is 5.35. The molecule has 1 saturated heterocycles. The molecular formula is C26H26ClN3O3. The summed E-state index contributed by atoms with van der Waals surface area (Å²) in [5.74, 6) is -1.42. The third kappa shape index (κ3) is 4.04. The van der Waals surface area contributed by atoms with Crippen LogP contribution in [0.5, 0.6) is 0 Å². The van der Waals surface area contributed by atoms with Gasteiger partial charge >= 0.3 is 0 Å². The van der Waals surface area contributed by atoms with E-state index >= 15 is 0 Å². The quantitative estimate of drug-likeness (QED) is 0.536. The van der Waals surface area contributed by atoms with E-state index in [1.807, 2.05) is 54.7 Å². The SMILES string of the molecule is O=C(CN1C(=O)[C@H]2CCCC[C@H]2C1=O)NC[C@H](c1ccccc1Cl)c1c[nH]c2ccccc12. The average Bonchev–Trinajstić information content (AvgIpc) is 3.36. The Bertz CT molecular complexity index is 1200. The Morgan fingerprint density at radius 2 is 1.67 bits per heavy atom. The van der Waals surface area contributed by atoms with Gasteiger partial charge in [-0.2, -0.15) is 0 Å². The van der Waals surface area contributed by atoms with Crippen LogP contribution in [0.3, 0.4) is 0 Å². The molecule has 1 saturated carbocycles. The van der Waals surface area contributed by atoms with Gasteiger partial charge in [0.25, 0.3) is 0 Å². The van der Waals surface area contributed by atoms with E-state index in [1.54, 1.807) is 0 Å². The predicted molar refractivity (Wildman–Crippen MR) is 127 cm³/mol. The van der Waals surface area contributed by atoms with Gasteiger partial charge in [-0.25, -0.2) is 0 Å². The fourth-order valence-corrected chi connectivity index (χ4v) is 5.60. The molecule has 0 bridgehead atoms. The molecule has 33 heavy (non-hydrogen) atoms. The Balaban J connectivity index is 1.35. The molecule has 3 aromatic rings. The number of para-hydroxylation sites is 1. The normalized spacial score (nSPS) is 21.3. The summed E-state index contributed by atoms with van der Waals surface area (Å²) in [5.41, 5.74) is 2.94. The van der Waals surface area contributed by atoms with Crippen molar-refractivity contribution in [3.8, 4) is 0 Å². The van der Waals surface area contributed by atoms with Crippen LogP contribution in [0.15, 0.2) is 54.7 Å². The summed E-state index contributed by atoms with van der Waals surface area (Å²) in [5, 5.41) is 4.64. The number of hydrogen-bond donors (Lipinski definition) is 2. The van der Waals surface area contributed by atoms with Gasteiger partial charge in [0.2, 0.25) is 17.7 Å². The first kappa shape index (κ1) is 21.7. The summed E-state index contributed by atoms with van der Waals surface area (Å²) < 4.78 is 0. The minimum Gasteiger partial charge on any atom is -0.361 e. The molecule has 2 fully saturated rings. The minimum atomic E-state index is -0.341. The van der Waals surface area contributed by atoms with Gasteiger partial charge in [-0.15, -0.1) is 0 Å². The molecule has 1 aromatic heterocycles.